The Balaban J connectivity index is 1.61. The first-order valence-corrected chi connectivity index (χ1v) is 9.15. The van der Waals surface area contributed by atoms with Crippen LogP contribution in [0.15, 0.2) is 60.0 Å². The Hall–Kier alpha value is -2.66. The maximum Gasteiger partial charge on any atom is 0.230 e. The summed E-state index contributed by atoms with van der Waals surface area (Å²) in [4.78, 5) is 16.6. The summed E-state index contributed by atoms with van der Waals surface area (Å²) < 4.78 is 5.59. The quantitative estimate of drug-likeness (QED) is 0.666. The van der Waals surface area contributed by atoms with Gasteiger partial charge >= 0.3 is 0 Å². The van der Waals surface area contributed by atoms with Crippen molar-refractivity contribution in [1.82, 2.24) is 4.98 Å². The molecule has 0 aliphatic rings. The topological polar surface area (TPSA) is 51.2 Å². The number of nitrogens with one attached hydrogen (secondary N) is 1. The molecule has 1 aromatic heterocycles. The molecule has 0 fully saturated rings. The van der Waals surface area contributed by atoms with Crippen LogP contribution in [0.5, 0.6) is 5.75 Å². The molecule has 1 amide bonds. The zero-order valence-corrected chi connectivity index (χ0v) is 14.9. The predicted octanol–water partition coefficient (Wildman–Crippen LogP) is 4.78. The van der Waals surface area contributed by atoms with Crippen molar-refractivity contribution in [2.75, 3.05) is 11.9 Å². The molecule has 0 aliphatic carbocycles. The number of anilines is 1. The number of hydrogen-bond acceptors (Lipinski definition) is 4. The first-order valence-electron chi connectivity index (χ1n) is 8.27. The minimum Gasteiger partial charge on any atom is -0.494 e. The van der Waals surface area contributed by atoms with E-state index in [0.29, 0.717) is 18.2 Å². The summed E-state index contributed by atoms with van der Waals surface area (Å²) in [7, 11) is 0. The van der Waals surface area contributed by atoms with Crippen LogP contribution in [0.4, 0.5) is 5.13 Å². The third kappa shape index (κ3) is 4.90. The van der Waals surface area contributed by atoms with Crippen LogP contribution in [0.3, 0.4) is 0 Å². The molecule has 128 valence electrons. The number of rotatable bonds is 7. The maximum absolute atomic E-state index is 12.1. The van der Waals surface area contributed by atoms with Gasteiger partial charge in [-0.1, -0.05) is 37.3 Å². The van der Waals surface area contributed by atoms with Crippen molar-refractivity contribution in [3.8, 4) is 17.0 Å². The summed E-state index contributed by atoms with van der Waals surface area (Å²) in [6, 6.07) is 17.5. The van der Waals surface area contributed by atoms with Gasteiger partial charge in [0.2, 0.25) is 5.91 Å². The van der Waals surface area contributed by atoms with Crippen molar-refractivity contribution in [1.29, 1.82) is 0 Å². The highest BCUT2D eigenvalue weighted by Crippen LogP contribution is 2.26. The Labute approximate surface area is 151 Å². The molecule has 1 N–H and O–H groups in total. The van der Waals surface area contributed by atoms with Crippen molar-refractivity contribution in [3.05, 3.63) is 65.5 Å². The molecular weight excluding hydrogens is 332 g/mol. The van der Waals surface area contributed by atoms with E-state index >= 15 is 0 Å². The van der Waals surface area contributed by atoms with Crippen LogP contribution in [0.25, 0.3) is 11.3 Å². The molecule has 4 nitrogen and oxygen atoms in total. The van der Waals surface area contributed by atoms with Gasteiger partial charge in [-0.15, -0.1) is 11.3 Å². The van der Waals surface area contributed by atoms with E-state index in [1.54, 1.807) is 0 Å². The van der Waals surface area contributed by atoms with Crippen LogP contribution in [-0.2, 0) is 11.2 Å². The van der Waals surface area contributed by atoms with Crippen LogP contribution in [-0.4, -0.2) is 17.5 Å². The summed E-state index contributed by atoms with van der Waals surface area (Å²) in [6.07, 6.45) is 1.33. The number of benzene rings is 2. The molecule has 0 radical (unpaired) electrons. The summed E-state index contributed by atoms with van der Waals surface area (Å²) in [5, 5.41) is 5.42. The molecule has 1 heterocycles. The van der Waals surface area contributed by atoms with Gasteiger partial charge in [0, 0.05) is 10.9 Å². The average molecular weight is 352 g/mol. The number of carbonyl (C=O) groups excluding carboxylic acids is 1. The van der Waals surface area contributed by atoms with Gasteiger partial charge in [-0.25, -0.2) is 4.98 Å². The molecule has 0 spiro atoms. The lowest BCUT2D eigenvalue weighted by Gasteiger charge is -2.04. The van der Waals surface area contributed by atoms with Crippen LogP contribution < -0.4 is 10.1 Å². The summed E-state index contributed by atoms with van der Waals surface area (Å²) in [5.41, 5.74) is 2.84. The Kier molecular flexibility index (Phi) is 5.80. The van der Waals surface area contributed by atoms with Crippen LogP contribution >= 0.6 is 11.3 Å². The van der Waals surface area contributed by atoms with Crippen molar-refractivity contribution >= 4 is 22.4 Å². The fourth-order valence-electron chi connectivity index (χ4n) is 2.35. The molecule has 3 aromatic rings. The van der Waals surface area contributed by atoms with Gasteiger partial charge in [0.05, 0.1) is 18.7 Å². The smallest absolute Gasteiger partial charge is 0.230 e. The fourth-order valence-corrected chi connectivity index (χ4v) is 3.09. The van der Waals surface area contributed by atoms with Gasteiger partial charge < -0.3 is 10.1 Å². The first-order chi connectivity index (χ1) is 12.2. The van der Waals surface area contributed by atoms with E-state index in [9.17, 15) is 4.79 Å². The maximum atomic E-state index is 12.1. The summed E-state index contributed by atoms with van der Waals surface area (Å²) >= 11 is 1.43. The van der Waals surface area contributed by atoms with E-state index in [0.717, 1.165) is 29.0 Å². The largest absolute Gasteiger partial charge is 0.494 e. The lowest BCUT2D eigenvalue weighted by atomic mass is 10.1. The molecule has 0 unspecified atom stereocenters. The molecule has 3 rings (SSSR count). The summed E-state index contributed by atoms with van der Waals surface area (Å²) in [5.74, 6) is 0.799. The predicted molar refractivity (Wildman–Crippen MR) is 102 cm³/mol. The first kappa shape index (κ1) is 17.2. The molecule has 5 heteroatoms. The normalized spacial score (nSPS) is 10.4. The van der Waals surface area contributed by atoms with Crippen LogP contribution in [0.2, 0.25) is 0 Å². The Morgan fingerprint density at radius 1 is 1.12 bits per heavy atom. The number of thiazole rings is 1. The minimum absolute atomic E-state index is 0.0598. The van der Waals surface area contributed by atoms with E-state index in [-0.39, 0.29) is 5.91 Å². The second-order valence-corrected chi connectivity index (χ2v) is 6.48. The third-order valence-electron chi connectivity index (χ3n) is 3.58. The van der Waals surface area contributed by atoms with Crippen molar-refractivity contribution < 1.29 is 9.53 Å². The van der Waals surface area contributed by atoms with Crippen molar-refractivity contribution in [3.63, 3.8) is 0 Å². The van der Waals surface area contributed by atoms with Crippen LogP contribution in [0.1, 0.15) is 18.9 Å². The highest BCUT2D eigenvalue weighted by Gasteiger charge is 2.09. The van der Waals surface area contributed by atoms with Gasteiger partial charge in [-0.05, 0) is 36.2 Å². The van der Waals surface area contributed by atoms with Gasteiger partial charge in [0.25, 0.3) is 0 Å². The zero-order valence-electron chi connectivity index (χ0n) is 14.1. The van der Waals surface area contributed by atoms with Gasteiger partial charge in [-0.2, -0.15) is 0 Å². The number of carbonyl (C=O) groups is 1. The Morgan fingerprint density at radius 2 is 1.88 bits per heavy atom. The van der Waals surface area contributed by atoms with E-state index in [1.165, 1.54) is 11.3 Å². The van der Waals surface area contributed by atoms with E-state index in [2.05, 4.69) is 17.2 Å². The number of hydrogen-bond donors (Lipinski definition) is 1. The third-order valence-corrected chi connectivity index (χ3v) is 4.34. The molecular formula is C20H20N2O2S. The zero-order chi connectivity index (χ0) is 17.5. The van der Waals surface area contributed by atoms with Crippen molar-refractivity contribution in [2.45, 2.75) is 19.8 Å². The van der Waals surface area contributed by atoms with Gasteiger partial charge in [0.1, 0.15) is 5.75 Å². The Morgan fingerprint density at radius 3 is 2.60 bits per heavy atom. The molecule has 0 saturated carbocycles. The summed E-state index contributed by atoms with van der Waals surface area (Å²) in [6.45, 7) is 2.80. The standard InChI is InChI=1S/C20H20N2O2S/c1-2-12-24-17-10-8-16(9-11-17)18-14-25-20(21-18)22-19(23)13-15-6-4-3-5-7-15/h3-11,14H,2,12-13H2,1H3,(H,21,22,23). The lowest BCUT2D eigenvalue weighted by Crippen LogP contribution is -2.14. The number of ether oxygens (including phenoxy) is 1. The van der Waals surface area contributed by atoms with Crippen molar-refractivity contribution in [2.24, 2.45) is 0 Å². The SMILES string of the molecule is CCCOc1ccc(-c2csc(NC(=O)Cc3ccccc3)n2)cc1. The average Bonchev–Trinajstić information content (AvgIpc) is 3.09. The second kappa shape index (κ2) is 8.44. The van der Waals surface area contributed by atoms with Crippen LogP contribution in [0, 0.1) is 0 Å². The second-order valence-electron chi connectivity index (χ2n) is 5.62. The minimum atomic E-state index is -0.0598. The Bertz CT molecular complexity index is 813. The monoisotopic (exact) mass is 352 g/mol. The molecule has 0 saturated heterocycles. The lowest BCUT2D eigenvalue weighted by molar-refractivity contribution is -0.115. The van der Waals surface area contributed by atoms with E-state index in [4.69, 9.17) is 4.74 Å². The number of aromatic nitrogens is 1. The molecule has 0 bridgehead atoms. The molecule has 2 aromatic carbocycles. The fraction of sp³-hybridized carbons (Fsp3) is 0.200. The molecule has 0 aliphatic heterocycles. The molecule has 0 atom stereocenters. The molecule has 25 heavy (non-hydrogen) atoms. The number of nitrogens with zero attached hydrogens (tertiary/aromatic N) is 1. The van der Waals surface area contributed by atoms with Gasteiger partial charge in [-0.3, -0.25) is 4.79 Å². The van der Waals surface area contributed by atoms with E-state index in [1.807, 2.05) is 60.0 Å². The highest BCUT2D eigenvalue weighted by atomic mass is 32.1. The highest BCUT2D eigenvalue weighted by molar-refractivity contribution is 7.14. The number of amides is 1. The van der Waals surface area contributed by atoms with Gasteiger partial charge in [0.15, 0.2) is 5.13 Å². The van der Waals surface area contributed by atoms with E-state index < -0.39 is 0 Å².